The van der Waals surface area contributed by atoms with Crippen LogP contribution in [0.15, 0.2) is 78.1 Å². The van der Waals surface area contributed by atoms with Crippen LogP contribution in [0.3, 0.4) is 0 Å². The summed E-state index contributed by atoms with van der Waals surface area (Å²) in [7, 11) is -3.87. The number of nitrogens with one attached hydrogen (secondary N) is 2. The molecule has 5 rings (SSSR count). The Morgan fingerprint density at radius 2 is 1.82 bits per heavy atom. The summed E-state index contributed by atoms with van der Waals surface area (Å²) in [6, 6.07) is 14.2. The minimum Gasteiger partial charge on any atom is -0.326 e. The monoisotopic (exact) mass is 496 g/mol. The van der Waals surface area contributed by atoms with Crippen molar-refractivity contribution >= 4 is 49.8 Å². The summed E-state index contributed by atoms with van der Waals surface area (Å²) in [6.07, 6.45) is 4.87. The Bertz CT molecular complexity index is 1500. The van der Waals surface area contributed by atoms with Gasteiger partial charge in [0.2, 0.25) is 5.91 Å². The van der Waals surface area contributed by atoms with Gasteiger partial charge in [0, 0.05) is 34.8 Å². The van der Waals surface area contributed by atoms with Gasteiger partial charge in [-0.2, -0.15) is 0 Å². The van der Waals surface area contributed by atoms with Crippen LogP contribution in [0, 0.1) is 11.7 Å². The third kappa shape index (κ3) is 4.57. The van der Waals surface area contributed by atoms with Crippen molar-refractivity contribution in [2.75, 3.05) is 10.0 Å². The van der Waals surface area contributed by atoms with E-state index < -0.39 is 15.8 Å². The summed E-state index contributed by atoms with van der Waals surface area (Å²) in [6.45, 7) is 0. The number of nitrogens with zero attached hydrogens (tertiary/aromatic N) is 2. The van der Waals surface area contributed by atoms with E-state index in [1.165, 1.54) is 18.2 Å². The smallest absolute Gasteiger partial charge is 0.263 e. The van der Waals surface area contributed by atoms with Crippen LogP contribution in [-0.2, 0) is 14.8 Å². The average Bonchev–Trinajstić information content (AvgIpc) is 3.62. The van der Waals surface area contributed by atoms with E-state index in [-0.39, 0.29) is 28.5 Å². The second kappa shape index (κ2) is 8.66. The average molecular weight is 497 g/mol. The van der Waals surface area contributed by atoms with Crippen molar-refractivity contribution in [1.29, 1.82) is 0 Å². The minimum absolute atomic E-state index is 0.0109. The van der Waals surface area contributed by atoms with Gasteiger partial charge in [0.05, 0.1) is 16.1 Å². The van der Waals surface area contributed by atoms with Crippen LogP contribution >= 0.6 is 11.6 Å². The van der Waals surface area contributed by atoms with Crippen LogP contribution in [0.2, 0.25) is 5.02 Å². The molecule has 2 aromatic carbocycles. The van der Waals surface area contributed by atoms with E-state index in [2.05, 4.69) is 20.0 Å². The number of fused-ring (bicyclic) bond motifs is 1. The molecule has 7 nitrogen and oxygen atoms in total. The number of aromatic nitrogens is 2. The lowest BCUT2D eigenvalue weighted by Crippen LogP contribution is -2.15. The largest absolute Gasteiger partial charge is 0.326 e. The number of halogens is 2. The Morgan fingerprint density at radius 1 is 1.03 bits per heavy atom. The van der Waals surface area contributed by atoms with E-state index in [4.69, 9.17) is 11.6 Å². The first-order valence-electron chi connectivity index (χ1n) is 10.4. The number of sulfonamides is 1. The Kier molecular flexibility index (Phi) is 5.66. The van der Waals surface area contributed by atoms with Gasteiger partial charge in [0.15, 0.2) is 0 Å². The zero-order valence-electron chi connectivity index (χ0n) is 17.6. The molecule has 4 aromatic rings. The van der Waals surface area contributed by atoms with Crippen LogP contribution in [0.1, 0.15) is 17.9 Å². The molecule has 2 atom stereocenters. The van der Waals surface area contributed by atoms with Gasteiger partial charge in [-0.1, -0.05) is 29.8 Å². The predicted molar refractivity (Wildman–Crippen MR) is 128 cm³/mol. The number of hydrogen-bond acceptors (Lipinski definition) is 5. The van der Waals surface area contributed by atoms with Gasteiger partial charge in [-0.3, -0.25) is 14.5 Å². The van der Waals surface area contributed by atoms with Crippen LogP contribution in [0.5, 0.6) is 0 Å². The van der Waals surface area contributed by atoms with E-state index in [0.29, 0.717) is 17.1 Å². The number of hydrogen-bond donors (Lipinski definition) is 2. The van der Waals surface area contributed by atoms with Gasteiger partial charge in [-0.25, -0.2) is 17.8 Å². The van der Waals surface area contributed by atoms with Gasteiger partial charge in [-0.15, -0.1) is 0 Å². The van der Waals surface area contributed by atoms with Gasteiger partial charge < -0.3 is 5.32 Å². The van der Waals surface area contributed by atoms with E-state index in [0.717, 1.165) is 28.6 Å². The lowest BCUT2D eigenvalue weighted by molar-refractivity contribution is -0.117. The van der Waals surface area contributed by atoms with Crippen LogP contribution in [0.4, 0.5) is 15.9 Å². The van der Waals surface area contributed by atoms with Crippen LogP contribution in [-0.4, -0.2) is 24.3 Å². The van der Waals surface area contributed by atoms with Crippen LogP contribution in [0.25, 0.3) is 10.8 Å². The first kappa shape index (κ1) is 22.2. The first-order valence-corrected chi connectivity index (χ1v) is 12.2. The van der Waals surface area contributed by atoms with Gasteiger partial charge in [0.25, 0.3) is 10.0 Å². The molecule has 10 heteroatoms. The quantitative estimate of drug-likeness (QED) is 0.392. The molecule has 1 amide bonds. The Hall–Kier alpha value is -3.56. The molecule has 0 saturated heterocycles. The molecule has 34 heavy (non-hydrogen) atoms. The fourth-order valence-corrected chi connectivity index (χ4v) is 5.05. The topological polar surface area (TPSA) is 101 Å². The maximum absolute atomic E-state index is 13.0. The third-order valence-electron chi connectivity index (χ3n) is 5.69. The molecule has 2 aromatic heterocycles. The van der Waals surface area contributed by atoms with Gasteiger partial charge in [0.1, 0.15) is 11.6 Å². The lowest BCUT2D eigenvalue weighted by atomic mass is 10.1. The molecular weight excluding hydrogens is 479 g/mol. The Morgan fingerprint density at radius 3 is 2.56 bits per heavy atom. The summed E-state index contributed by atoms with van der Waals surface area (Å²) in [5.41, 5.74) is 1.53. The van der Waals surface area contributed by atoms with Crippen molar-refractivity contribution in [3.05, 3.63) is 89.6 Å². The van der Waals surface area contributed by atoms with Gasteiger partial charge >= 0.3 is 0 Å². The normalized spacial score (nSPS) is 17.4. The van der Waals surface area contributed by atoms with Crippen LogP contribution < -0.4 is 10.0 Å². The molecule has 2 N–H and O–H groups in total. The molecule has 1 aliphatic carbocycles. The summed E-state index contributed by atoms with van der Waals surface area (Å²) >= 11 is 6.20. The SMILES string of the molecule is O=C(Nc1ccc2cncc(Cl)c2c1)C1CC1c1ccc(S(=O)(=O)Nc2ccc(F)cn2)cc1. The number of pyridine rings is 2. The number of amides is 1. The van der Waals surface area contributed by atoms with Crippen molar-refractivity contribution in [2.24, 2.45) is 5.92 Å². The van der Waals surface area contributed by atoms with Crippen molar-refractivity contribution < 1.29 is 17.6 Å². The molecule has 2 unspecified atom stereocenters. The van der Waals surface area contributed by atoms with E-state index in [9.17, 15) is 17.6 Å². The highest BCUT2D eigenvalue weighted by atomic mass is 35.5. The second-order valence-electron chi connectivity index (χ2n) is 8.03. The molecule has 0 spiro atoms. The maximum atomic E-state index is 13.0. The molecule has 2 heterocycles. The van der Waals surface area contributed by atoms with Gasteiger partial charge in [-0.05, 0) is 54.3 Å². The summed E-state index contributed by atoms with van der Waals surface area (Å²) in [4.78, 5) is 20.5. The third-order valence-corrected chi connectivity index (χ3v) is 7.36. The molecule has 0 aliphatic heterocycles. The minimum atomic E-state index is -3.87. The number of benzene rings is 2. The first-order chi connectivity index (χ1) is 16.3. The summed E-state index contributed by atoms with van der Waals surface area (Å²) in [5, 5.41) is 5.14. The highest BCUT2D eigenvalue weighted by Gasteiger charge is 2.44. The molecule has 172 valence electrons. The fourth-order valence-electron chi connectivity index (χ4n) is 3.82. The van der Waals surface area contributed by atoms with E-state index >= 15 is 0 Å². The maximum Gasteiger partial charge on any atom is 0.263 e. The zero-order chi connectivity index (χ0) is 23.9. The molecule has 0 bridgehead atoms. The van der Waals surface area contributed by atoms with E-state index in [1.807, 2.05) is 12.1 Å². The van der Waals surface area contributed by atoms with Crippen molar-refractivity contribution in [3.8, 4) is 0 Å². The summed E-state index contributed by atoms with van der Waals surface area (Å²) in [5.74, 6) is -0.827. The Labute approximate surface area is 200 Å². The molecular formula is C24H18ClFN4O3S. The Balaban J connectivity index is 1.24. The number of carbonyl (C=O) groups excluding carboxylic acids is 1. The highest BCUT2D eigenvalue weighted by Crippen LogP contribution is 2.48. The molecule has 1 saturated carbocycles. The molecule has 1 fully saturated rings. The zero-order valence-corrected chi connectivity index (χ0v) is 19.1. The van der Waals surface area contributed by atoms with Crippen molar-refractivity contribution in [1.82, 2.24) is 9.97 Å². The molecule has 1 aliphatic rings. The number of anilines is 2. The number of carbonyl (C=O) groups is 1. The fraction of sp³-hybridized carbons (Fsp3) is 0.125. The standard InChI is InChI=1S/C24H18ClFN4O3S/c25-22-13-27-11-15-1-5-17(9-20(15)22)29-24(31)21-10-19(21)14-2-6-18(7-3-14)34(32,33)30-23-8-4-16(26)12-28-23/h1-9,11-13,19,21H,10H2,(H,28,30)(H,29,31). The lowest BCUT2D eigenvalue weighted by Gasteiger charge is -2.09. The highest BCUT2D eigenvalue weighted by molar-refractivity contribution is 7.92. The number of rotatable bonds is 6. The van der Waals surface area contributed by atoms with E-state index in [1.54, 1.807) is 30.6 Å². The van der Waals surface area contributed by atoms with Crippen molar-refractivity contribution in [2.45, 2.75) is 17.2 Å². The second-order valence-corrected chi connectivity index (χ2v) is 10.1. The molecule has 0 radical (unpaired) electrons. The van der Waals surface area contributed by atoms with Crippen molar-refractivity contribution in [3.63, 3.8) is 0 Å². The predicted octanol–water partition coefficient (Wildman–Crippen LogP) is 4.97. The summed E-state index contributed by atoms with van der Waals surface area (Å²) < 4.78 is 40.4.